The summed E-state index contributed by atoms with van der Waals surface area (Å²) in [7, 11) is 1.66. The molecule has 2 aromatic carbocycles. The monoisotopic (exact) mass is 410 g/mol. The minimum absolute atomic E-state index is 0.637. The Kier molecular flexibility index (Phi) is 6.36. The number of ether oxygens (including phenoxy) is 2. The average molecular weight is 411 g/mol. The number of anilines is 1. The molecule has 1 saturated heterocycles. The van der Waals surface area contributed by atoms with Gasteiger partial charge in [-0.2, -0.15) is 0 Å². The summed E-state index contributed by atoms with van der Waals surface area (Å²) in [6.07, 6.45) is 5.49. The maximum absolute atomic E-state index is 6.06. The molecule has 1 aliphatic heterocycles. The van der Waals surface area contributed by atoms with Crippen LogP contribution in [0.3, 0.4) is 0 Å². The molecule has 6 nitrogen and oxygen atoms in total. The first kappa shape index (κ1) is 19.8. The number of rotatable bonds is 7. The molecule has 2 heterocycles. The van der Waals surface area contributed by atoms with Crippen molar-refractivity contribution in [2.24, 2.45) is 0 Å². The van der Waals surface area contributed by atoms with E-state index in [9.17, 15) is 0 Å². The molecule has 1 aliphatic rings. The zero-order chi connectivity index (χ0) is 20.1. The van der Waals surface area contributed by atoms with Gasteiger partial charge >= 0.3 is 0 Å². The molecule has 0 amide bonds. The van der Waals surface area contributed by atoms with Crippen LogP contribution in [0.4, 0.5) is 5.69 Å². The number of nitrogens with two attached hydrogens (primary N) is 1. The molecule has 0 unspecified atom stereocenters. The number of hydrogen-bond acceptors (Lipinski definition) is 7. The Bertz CT molecular complexity index is 976. The molecular weight excluding hydrogens is 384 g/mol. The Morgan fingerprint density at radius 1 is 1.07 bits per heavy atom. The van der Waals surface area contributed by atoms with Crippen LogP contribution in [0.25, 0.3) is 10.9 Å². The Hall–Kier alpha value is -2.51. The van der Waals surface area contributed by atoms with Crippen molar-refractivity contribution < 1.29 is 9.47 Å². The van der Waals surface area contributed by atoms with Crippen molar-refractivity contribution >= 4 is 28.4 Å². The van der Waals surface area contributed by atoms with Crippen molar-refractivity contribution in [1.82, 2.24) is 14.9 Å². The molecule has 0 bridgehead atoms. The van der Waals surface area contributed by atoms with Crippen molar-refractivity contribution in [3.63, 3.8) is 0 Å². The van der Waals surface area contributed by atoms with Gasteiger partial charge < -0.3 is 15.2 Å². The summed E-state index contributed by atoms with van der Waals surface area (Å²) in [6.45, 7) is 3.89. The van der Waals surface area contributed by atoms with Gasteiger partial charge in [-0.25, -0.2) is 9.97 Å². The summed E-state index contributed by atoms with van der Waals surface area (Å²) in [5, 5.41) is 1.79. The molecule has 29 heavy (non-hydrogen) atoms. The minimum atomic E-state index is 0.637. The molecular formula is C22H26N4O2S. The van der Waals surface area contributed by atoms with Crippen LogP contribution in [0.1, 0.15) is 19.3 Å². The van der Waals surface area contributed by atoms with E-state index in [4.69, 9.17) is 15.2 Å². The van der Waals surface area contributed by atoms with Gasteiger partial charge in [-0.15, -0.1) is 0 Å². The van der Waals surface area contributed by atoms with Gasteiger partial charge in [0, 0.05) is 28.6 Å². The van der Waals surface area contributed by atoms with E-state index in [1.165, 1.54) is 19.3 Å². The third-order valence-corrected chi connectivity index (χ3v) is 6.08. The topological polar surface area (TPSA) is 73.5 Å². The minimum Gasteiger partial charge on any atom is -0.493 e. The number of piperidine rings is 1. The molecule has 0 aliphatic carbocycles. The SMILES string of the molecule is COc1cc2c(Sc3cccc(N)c3)ncnc2cc1OCCN1CCCCC1. The van der Waals surface area contributed by atoms with Crippen LogP contribution in [0.15, 0.2) is 52.6 Å². The quantitative estimate of drug-likeness (QED) is 0.461. The predicted octanol–water partition coefficient (Wildman–Crippen LogP) is 4.24. The standard InChI is InChI=1S/C22H26N4O2S/c1-27-20-13-18-19(14-21(20)28-11-10-26-8-3-2-4-9-26)24-15-25-22(18)29-17-7-5-6-16(23)12-17/h5-7,12-15H,2-4,8-11,23H2,1H3. The first-order valence-electron chi connectivity index (χ1n) is 9.94. The summed E-state index contributed by atoms with van der Waals surface area (Å²) in [5.41, 5.74) is 7.47. The first-order valence-corrected chi connectivity index (χ1v) is 10.8. The molecule has 152 valence electrons. The van der Waals surface area contributed by atoms with Crippen LogP contribution in [-0.4, -0.2) is 48.2 Å². The van der Waals surface area contributed by atoms with Crippen LogP contribution < -0.4 is 15.2 Å². The van der Waals surface area contributed by atoms with E-state index in [1.54, 1.807) is 25.2 Å². The van der Waals surface area contributed by atoms with Gasteiger partial charge in [-0.3, -0.25) is 4.90 Å². The third-order valence-electron chi connectivity index (χ3n) is 5.07. The van der Waals surface area contributed by atoms with Crippen molar-refractivity contribution in [1.29, 1.82) is 0 Å². The van der Waals surface area contributed by atoms with Gasteiger partial charge in [-0.05, 0) is 50.2 Å². The number of methoxy groups -OCH3 is 1. The molecule has 4 rings (SSSR count). The zero-order valence-corrected chi connectivity index (χ0v) is 17.5. The molecule has 0 atom stereocenters. The molecule has 7 heteroatoms. The van der Waals surface area contributed by atoms with E-state index in [0.29, 0.717) is 12.4 Å². The van der Waals surface area contributed by atoms with E-state index in [-0.39, 0.29) is 0 Å². The van der Waals surface area contributed by atoms with E-state index < -0.39 is 0 Å². The Morgan fingerprint density at radius 3 is 2.72 bits per heavy atom. The number of benzene rings is 2. The number of likely N-dealkylation sites (tertiary alicyclic amines) is 1. The van der Waals surface area contributed by atoms with Crippen molar-refractivity contribution in [3.8, 4) is 11.5 Å². The van der Waals surface area contributed by atoms with Gasteiger partial charge in [0.15, 0.2) is 11.5 Å². The van der Waals surface area contributed by atoms with Crippen molar-refractivity contribution in [2.75, 3.05) is 39.1 Å². The molecule has 2 N–H and O–H groups in total. The van der Waals surface area contributed by atoms with E-state index in [1.807, 2.05) is 36.4 Å². The third kappa shape index (κ3) is 4.92. The molecule has 3 aromatic rings. The zero-order valence-electron chi connectivity index (χ0n) is 16.6. The molecule has 0 spiro atoms. The largest absolute Gasteiger partial charge is 0.493 e. The highest BCUT2D eigenvalue weighted by molar-refractivity contribution is 7.99. The Labute approximate surface area is 175 Å². The first-order chi connectivity index (χ1) is 14.2. The summed E-state index contributed by atoms with van der Waals surface area (Å²) >= 11 is 1.56. The smallest absolute Gasteiger partial charge is 0.163 e. The molecule has 0 radical (unpaired) electrons. The summed E-state index contributed by atoms with van der Waals surface area (Å²) in [6, 6.07) is 11.7. The lowest BCUT2D eigenvalue weighted by Crippen LogP contribution is -2.33. The number of nitrogen functional groups attached to an aromatic ring is 1. The van der Waals surface area contributed by atoms with Gasteiger partial charge in [0.25, 0.3) is 0 Å². The van der Waals surface area contributed by atoms with Crippen LogP contribution in [0.5, 0.6) is 11.5 Å². The Balaban J connectivity index is 1.54. The van der Waals surface area contributed by atoms with Gasteiger partial charge in [0.1, 0.15) is 18.0 Å². The Morgan fingerprint density at radius 2 is 1.93 bits per heavy atom. The van der Waals surface area contributed by atoms with Gasteiger partial charge in [-0.1, -0.05) is 24.2 Å². The van der Waals surface area contributed by atoms with Crippen LogP contribution in [0, 0.1) is 0 Å². The predicted molar refractivity (Wildman–Crippen MR) is 117 cm³/mol. The van der Waals surface area contributed by atoms with E-state index >= 15 is 0 Å². The van der Waals surface area contributed by atoms with Crippen molar-refractivity contribution in [2.45, 2.75) is 29.2 Å². The number of fused-ring (bicyclic) bond motifs is 1. The van der Waals surface area contributed by atoms with Gasteiger partial charge in [0.05, 0.1) is 12.6 Å². The fourth-order valence-electron chi connectivity index (χ4n) is 3.55. The lowest BCUT2D eigenvalue weighted by Gasteiger charge is -2.26. The molecule has 0 saturated carbocycles. The van der Waals surface area contributed by atoms with Crippen LogP contribution in [-0.2, 0) is 0 Å². The fourth-order valence-corrected chi connectivity index (χ4v) is 4.49. The highest BCUT2D eigenvalue weighted by Crippen LogP contribution is 2.37. The second kappa shape index (κ2) is 9.33. The number of nitrogens with zero attached hydrogens (tertiary/aromatic N) is 3. The summed E-state index contributed by atoms with van der Waals surface area (Å²) in [4.78, 5) is 12.4. The molecule has 1 fully saturated rings. The highest BCUT2D eigenvalue weighted by atomic mass is 32.2. The van der Waals surface area contributed by atoms with Crippen molar-refractivity contribution in [3.05, 3.63) is 42.7 Å². The summed E-state index contributed by atoms with van der Waals surface area (Å²) < 4.78 is 11.7. The van der Waals surface area contributed by atoms with E-state index in [0.717, 1.165) is 51.9 Å². The summed E-state index contributed by atoms with van der Waals surface area (Å²) in [5.74, 6) is 1.41. The second-order valence-electron chi connectivity index (χ2n) is 7.12. The van der Waals surface area contributed by atoms with Gasteiger partial charge in [0.2, 0.25) is 0 Å². The molecule has 1 aromatic heterocycles. The lowest BCUT2D eigenvalue weighted by molar-refractivity contribution is 0.180. The normalized spacial score (nSPS) is 14.8. The van der Waals surface area contributed by atoms with E-state index in [2.05, 4.69) is 14.9 Å². The number of aromatic nitrogens is 2. The maximum Gasteiger partial charge on any atom is 0.163 e. The van der Waals surface area contributed by atoms with Crippen LogP contribution >= 0.6 is 11.8 Å². The second-order valence-corrected chi connectivity index (χ2v) is 8.19. The highest BCUT2D eigenvalue weighted by Gasteiger charge is 2.14. The fraction of sp³-hybridized carbons (Fsp3) is 0.364. The van der Waals surface area contributed by atoms with Crippen LogP contribution in [0.2, 0.25) is 0 Å². The average Bonchev–Trinajstić information content (AvgIpc) is 2.74. The lowest BCUT2D eigenvalue weighted by atomic mass is 10.1. The maximum atomic E-state index is 6.06. The number of hydrogen-bond donors (Lipinski definition) is 1.